The van der Waals surface area contributed by atoms with Gasteiger partial charge in [-0.2, -0.15) is 0 Å². The zero-order chi connectivity index (χ0) is 13.4. The van der Waals surface area contributed by atoms with Gasteiger partial charge in [0, 0.05) is 12.0 Å². The molecule has 3 rings (SSSR count). The van der Waals surface area contributed by atoms with E-state index in [1.165, 1.54) is 5.56 Å². The van der Waals surface area contributed by atoms with Crippen LogP contribution in [0.2, 0.25) is 0 Å². The Balaban J connectivity index is 1.88. The first-order valence-electron chi connectivity index (χ1n) is 6.77. The summed E-state index contributed by atoms with van der Waals surface area (Å²) in [6, 6.07) is 11.0. The molecule has 0 aliphatic heterocycles. The minimum absolute atomic E-state index is 0.357. The molecule has 0 radical (unpaired) electrons. The second kappa shape index (κ2) is 4.97. The van der Waals surface area contributed by atoms with Crippen LogP contribution in [0.5, 0.6) is 0 Å². The summed E-state index contributed by atoms with van der Waals surface area (Å²) < 4.78 is 2.20. The number of hydrogen-bond donors (Lipinski definition) is 0. The Morgan fingerprint density at radius 3 is 2.58 bits per heavy atom. The van der Waals surface area contributed by atoms with Crippen molar-refractivity contribution in [1.29, 1.82) is 0 Å². The summed E-state index contributed by atoms with van der Waals surface area (Å²) in [7, 11) is 0. The zero-order valence-electron chi connectivity index (χ0n) is 11.3. The molecular formula is C15H18ClN3. The van der Waals surface area contributed by atoms with E-state index in [4.69, 9.17) is 11.6 Å². The van der Waals surface area contributed by atoms with Gasteiger partial charge in [0.15, 0.2) is 0 Å². The van der Waals surface area contributed by atoms with Gasteiger partial charge in [-0.1, -0.05) is 30.3 Å². The van der Waals surface area contributed by atoms with Crippen LogP contribution >= 0.6 is 11.6 Å². The standard InChI is InChI=1S/C15H18ClN3/c1-10(2)19-14(9-16)17-18-15(19)13-8-12(13)11-6-4-3-5-7-11/h3-7,10,12-13H,8-9H2,1-2H3. The average molecular weight is 276 g/mol. The van der Waals surface area contributed by atoms with E-state index in [1.807, 2.05) is 0 Å². The number of rotatable bonds is 4. The number of hydrogen-bond acceptors (Lipinski definition) is 2. The number of aromatic nitrogens is 3. The van der Waals surface area contributed by atoms with Gasteiger partial charge in [-0.05, 0) is 31.7 Å². The van der Waals surface area contributed by atoms with Crippen LogP contribution in [0.4, 0.5) is 0 Å². The lowest BCUT2D eigenvalue weighted by molar-refractivity contribution is 0.551. The molecule has 19 heavy (non-hydrogen) atoms. The molecular weight excluding hydrogens is 258 g/mol. The molecule has 0 bridgehead atoms. The van der Waals surface area contributed by atoms with Crippen molar-refractivity contribution >= 4 is 11.6 Å². The second-order valence-electron chi connectivity index (χ2n) is 5.43. The van der Waals surface area contributed by atoms with E-state index in [2.05, 4.69) is 58.9 Å². The Morgan fingerprint density at radius 1 is 1.21 bits per heavy atom. The smallest absolute Gasteiger partial charge is 0.148 e. The summed E-state index contributed by atoms with van der Waals surface area (Å²) in [5.41, 5.74) is 1.40. The Bertz CT molecular complexity index is 562. The summed E-state index contributed by atoms with van der Waals surface area (Å²) in [4.78, 5) is 0. The summed E-state index contributed by atoms with van der Waals surface area (Å²) in [6.07, 6.45) is 1.16. The van der Waals surface area contributed by atoms with Gasteiger partial charge < -0.3 is 4.57 Å². The van der Waals surface area contributed by atoms with Gasteiger partial charge in [0.1, 0.15) is 11.6 Å². The number of halogens is 1. The highest BCUT2D eigenvalue weighted by molar-refractivity contribution is 6.16. The SMILES string of the molecule is CC(C)n1c(CCl)nnc1C1CC1c1ccccc1. The van der Waals surface area contributed by atoms with Gasteiger partial charge in [0.25, 0.3) is 0 Å². The molecule has 100 valence electrons. The monoisotopic (exact) mass is 275 g/mol. The highest BCUT2D eigenvalue weighted by atomic mass is 35.5. The van der Waals surface area contributed by atoms with Crippen molar-refractivity contribution in [1.82, 2.24) is 14.8 Å². The fraction of sp³-hybridized carbons (Fsp3) is 0.467. The molecule has 3 nitrogen and oxygen atoms in total. The molecule has 2 aromatic rings. The lowest BCUT2D eigenvalue weighted by atomic mass is 10.1. The highest BCUT2D eigenvalue weighted by Gasteiger charge is 2.43. The van der Waals surface area contributed by atoms with Gasteiger partial charge >= 0.3 is 0 Å². The van der Waals surface area contributed by atoms with Crippen LogP contribution in [-0.2, 0) is 5.88 Å². The van der Waals surface area contributed by atoms with E-state index in [0.717, 1.165) is 18.1 Å². The third-order valence-electron chi connectivity index (χ3n) is 3.78. The van der Waals surface area contributed by atoms with Crippen LogP contribution in [0.1, 0.15) is 55.4 Å². The molecule has 0 saturated heterocycles. The maximum absolute atomic E-state index is 5.94. The molecule has 4 heteroatoms. The van der Waals surface area contributed by atoms with Gasteiger partial charge in [-0.25, -0.2) is 0 Å². The normalized spacial score (nSPS) is 21.9. The Hall–Kier alpha value is -1.35. The minimum atomic E-state index is 0.357. The fourth-order valence-electron chi connectivity index (χ4n) is 2.79. The van der Waals surface area contributed by atoms with Crippen LogP contribution in [0.25, 0.3) is 0 Å². The summed E-state index contributed by atoms with van der Waals surface area (Å²) in [5.74, 6) is 3.48. The van der Waals surface area contributed by atoms with Crippen molar-refractivity contribution < 1.29 is 0 Å². The average Bonchev–Trinajstić information content (AvgIpc) is 3.10. The largest absolute Gasteiger partial charge is 0.311 e. The molecule has 1 aliphatic carbocycles. The fourth-order valence-corrected chi connectivity index (χ4v) is 2.98. The van der Waals surface area contributed by atoms with Crippen LogP contribution in [0, 0.1) is 0 Å². The lowest BCUT2D eigenvalue weighted by Gasteiger charge is -2.12. The van der Waals surface area contributed by atoms with E-state index in [1.54, 1.807) is 0 Å². The summed E-state index contributed by atoms with van der Waals surface area (Å²) in [5, 5.41) is 8.60. The van der Waals surface area contributed by atoms with Gasteiger partial charge in [-0.15, -0.1) is 21.8 Å². The first-order valence-corrected chi connectivity index (χ1v) is 7.30. The summed E-state index contributed by atoms with van der Waals surface area (Å²) >= 11 is 5.94. The molecule has 1 aliphatic rings. The van der Waals surface area contributed by atoms with Gasteiger partial charge in [-0.3, -0.25) is 0 Å². The van der Waals surface area contributed by atoms with E-state index < -0.39 is 0 Å². The molecule has 0 amide bonds. The first kappa shape index (κ1) is 12.7. The van der Waals surface area contributed by atoms with E-state index >= 15 is 0 Å². The van der Waals surface area contributed by atoms with Crippen molar-refractivity contribution in [2.24, 2.45) is 0 Å². The number of benzene rings is 1. The predicted molar refractivity (Wildman–Crippen MR) is 76.5 cm³/mol. The molecule has 1 aromatic heterocycles. The maximum atomic E-state index is 5.94. The predicted octanol–water partition coefficient (Wildman–Crippen LogP) is 3.87. The van der Waals surface area contributed by atoms with Gasteiger partial charge in [0.2, 0.25) is 0 Å². The number of nitrogens with zero attached hydrogens (tertiary/aromatic N) is 3. The molecule has 1 fully saturated rings. The van der Waals surface area contributed by atoms with Crippen LogP contribution in [0.3, 0.4) is 0 Å². The maximum Gasteiger partial charge on any atom is 0.148 e. The first-order chi connectivity index (χ1) is 9.22. The topological polar surface area (TPSA) is 30.7 Å². The zero-order valence-corrected chi connectivity index (χ0v) is 12.0. The van der Waals surface area contributed by atoms with Crippen LogP contribution in [0.15, 0.2) is 30.3 Å². The van der Waals surface area contributed by atoms with Crippen molar-refractivity contribution in [2.45, 2.75) is 44.0 Å². The number of alkyl halides is 1. The van der Waals surface area contributed by atoms with Crippen LogP contribution in [-0.4, -0.2) is 14.8 Å². The third-order valence-corrected chi connectivity index (χ3v) is 4.02. The highest BCUT2D eigenvalue weighted by Crippen LogP contribution is 2.54. The van der Waals surface area contributed by atoms with Crippen molar-refractivity contribution in [3.8, 4) is 0 Å². The molecule has 1 aromatic carbocycles. The molecule has 1 heterocycles. The van der Waals surface area contributed by atoms with Crippen molar-refractivity contribution in [3.05, 3.63) is 47.5 Å². The van der Waals surface area contributed by atoms with E-state index in [9.17, 15) is 0 Å². The van der Waals surface area contributed by atoms with Gasteiger partial charge in [0.05, 0.1) is 5.88 Å². The third kappa shape index (κ3) is 2.27. The quantitative estimate of drug-likeness (QED) is 0.793. The summed E-state index contributed by atoms with van der Waals surface area (Å²) in [6.45, 7) is 4.31. The van der Waals surface area contributed by atoms with Crippen molar-refractivity contribution in [3.63, 3.8) is 0 Å². The van der Waals surface area contributed by atoms with E-state index in [0.29, 0.717) is 23.8 Å². The van der Waals surface area contributed by atoms with Crippen molar-refractivity contribution in [2.75, 3.05) is 0 Å². The molecule has 2 atom stereocenters. The Morgan fingerprint density at radius 2 is 1.95 bits per heavy atom. The minimum Gasteiger partial charge on any atom is -0.311 e. The molecule has 0 spiro atoms. The molecule has 1 saturated carbocycles. The lowest BCUT2D eigenvalue weighted by Crippen LogP contribution is -2.09. The molecule has 2 unspecified atom stereocenters. The van der Waals surface area contributed by atoms with Crippen LogP contribution < -0.4 is 0 Å². The molecule has 0 N–H and O–H groups in total. The Kier molecular flexibility index (Phi) is 3.31. The second-order valence-corrected chi connectivity index (χ2v) is 5.70. The van der Waals surface area contributed by atoms with E-state index in [-0.39, 0.29) is 0 Å². The Labute approximate surface area is 118 Å².